The molecule has 9 heteroatoms. The summed E-state index contributed by atoms with van der Waals surface area (Å²) in [5.41, 5.74) is 4.51. The number of nitrogens with one attached hydrogen (secondary N) is 1. The standard InChI is InChI=1S/C12H14F2N4O2S/c1-3-18-6-12(16-7(18)2)21(19,20)17-11-5-10(15)8(13)4-9(11)14/h4-6,17H,3,15H2,1-2H3. The van der Waals surface area contributed by atoms with E-state index in [0.29, 0.717) is 18.4 Å². The third kappa shape index (κ3) is 2.97. The summed E-state index contributed by atoms with van der Waals surface area (Å²) in [5.74, 6) is -1.50. The van der Waals surface area contributed by atoms with E-state index < -0.39 is 27.3 Å². The number of sulfonamides is 1. The molecule has 2 rings (SSSR count). The van der Waals surface area contributed by atoms with Crippen LogP contribution in [0, 0.1) is 18.6 Å². The Morgan fingerprint density at radius 1 is 1.33 bits per heavy atom. The van der Waals surface area contributed by atoms with Gasteiger partial charge < -0.3 is 10.3 Å². The Hall–Kier alpha value is -2.16. The van der Waals surface area contributed by atoms with Crippen LogP contribution in [0.4, 0.5) is 20.2 Å². The molecule has 1 aromatic heterocycles. The number of rotatable bonds is 4. The molecule has 1 aromatic carbocycles. The summed E-state index contributed by atoms with van der Waals surface area (Å²) in [4.78, 5) is 3.90. The van der Waals surface area contributed by atoms with Gasteiger partial charge in [0.2, 0.25) is 0 Å². The Bertz CT molecular complexity index is 787. The first-order valence-electron chi connectivity index (χ1n) is 6.05. The van der Waals surface area contributed by atoms with E-state index in [1.165, 1.54) is 6.20 Å². The zero-order valence-corrected chi connectivity index (χ0v) is 12.2. The van der Waals surface area contributed by atoms with E-state index in [0.717, 1.165) is 6.07 Å². The largest absolute Gasteiger partial charge is 0.396 e. The molecule has 21 heavy (non-hydrogen) atoms. The number of nitrogen functional groups attached to an aromatic ring is 1. The van der Waals surface area contributed by atoms with Gasteiger partial charge in [0.05, 0.1) is 11.4 Å². The molecule has 0 amide bonds. The van der Waals surface area contributed by atoms with Crippen molar-refractivity contribution in [3.05, 3.63) is 35.8 Å². The number of hydrogen-bond donors (Lipinski definition) is 2. The van der Waals surface area contributed by atoms with Crippen LogP contribution in [0.3, 0.4) is 0 Å². The fourth-order valence-corrected chi connectivity index (χ4v) is 2.84. The summed E-state index contributed by atoms with van der Waals surface area (Å²) >= 11 is 0. The Kier molecular flexibility index (Phi) is 3.86. The van der Waals surface area contributed by atoms with Gasteiger partial charge in [-0.3, -0.25) is 4.72 Å². The van der Waals surface area contributed by atoms with Crippen molar-refractivity contribution in [2.24, 2.45) is 0 Å². The smallest absolute Gasteiger partial charge is 0.281 e. The molecule has 114 valence electrons. The van der Waals surface area contributed by atoms with Gasteiger partial charge in [0.15, 0.2) is 5.03 Å². The molecule has 1 heterocycles. The summed E-state index contributed by atoms with van der Waals surface area (Å²) in [7, 11) is -4.08. The predicted molar refractivity (Wildman–Crippen MR) is 74.2 cm³/mol. The average molecular weight is 316 g/mol. The predicted octanol–water partition coefficient (Wildman–Crippen LogP) is 1.87. The molecule has 2 aromatic rings. The molecule has 0 spiro atoms. The molecule has 0 aliphatic heterocycles. The van der Waals surface area contributed by atoms with E-state index in [2.05, 4.69) is 4.98 Å². The Labute approximate surface area is 120 Å². The molecule has 3 N–H and O–H groups in total. The minimum atomic E-state index is -4.08. The molecule has 6 nitrogen and oxygen atoms in total. The zero-order valence-electron chi connectivity index (χ0n) is 11.4. The second kappa shape index (κ2) is 5.32. The van der Waals surface area contributed by atoms with E-state index in [1.807, 2.05) is 11.6 Å². The first kappa shape index (κ1) is 15.2. The summed E-state index contributed by atoms with van der Waals surface area (Å²) in [6.07, 6.45) is 1.34. The molecular formula is C12H14F2N4O2S. The fourth-order valence-electron chi connectivity index (χ4n) is 1.77. The van der Waals surface area contributed by atoms with Crippen molar-refractivity contribution < 1.29 is 17.2 Å². The van der Waals surface area contributed by atoms with Gasteiger partial charge in [-0.2, -0.15) is 8.42 Å². The second-order valence-electron chi connectivity index (χ2n) is 4.37. The third-order valence-corrected chi connectivity index (χ3v) is 4.14. The van der Waals surface area contributed by atoms with Gasteiger partial charge in [0.25, 0.3) is 10.0 Å². The third-order valence-electron chi connectivity index (χ3n) is 2.90. The summed E-state index contributed by atoms with van der Waals surface area (Å²) in [6.45, 7) is 4.03. The van der Waals surface area contributed by atoms with Gasteiger partial charge in [-0.25, -0.2) is 13.8 Å². The fraction of sp³-hybridized carbons (Fsp3) is 0.250. The highest BCUT2D eigenvalue weighted by Gasteiger charge is 2.21. The minimum absolute atomic E-state index is 0.246. The molecule has 0 aliphatic carbocycles. The number of hydrogen-bond acceptors (Lipinski definition) is 4. The van der Waals surface area contributed by atoms with Gasteiger partial charge in [-0.15, -0.1) is 0 Å². The molecule has 0 aliphatic rings. The van der Waals surface area contributed by atoms with E-state index in [-0.39, 0.29) is 10.7 Å². The van der Waals surface area contributed by atoms with Crippen LogP contribution in [0.5, 0.6) is 0 Å². The van der Waals surface area contributed by atoms with Crippen molar-refractivity contribution in [1.29, 1.82) is 0 Å². The lowest BCUT2D eigenvalue weighted by Gasteiger charge is -2.08. The van der Waals surface area contributed by atoms with Gasteiger partial charge in [0, 0.05) is 18.8 Å². The molecule has 0 atom stereocenters. The van der Waals surface area contributed by atoms with Crippen molar-refractivity contribution in [2.45, 2.75) is 25.4 Å². The van der Waals surface area contributed by atoms with Gasteiger partial charge >= 0.3 is 0 Å². The van der Waals surface area contributed by atoms with E-state index in [9.17, 15) is 17.2 Å². The highest BCUT2D eigenvalue weighted by molar-refractivity contribution is 7.92. The van der Waals surface area contributed by atoms with Crippen LogP contribution in [-0.2, 0) is 16.6 Å². The lowest BCUT2D eigenvalue weighted by Crippen LogP contribution is -2.15. The number of nitrogens with zero attached hydrogens (tertiary/aromatic N) is 2. The number of halogens is 2. The highest BCUT2D eigenvalue weighted by atomic mass is 32.2. The van der Waals surface area contributed by atoms with Crippen molar-refractivity contribution in [1.82, 2.24) is 9.55 Å². The Balaban J connectivity index is 2.39. The lowest BCUT2D eigenvalue weighted by atomic mass is 10.2. The summed E-state index contributed by atoms with van der Waals surface area (Å²) < 4.78 is 54.6. The SMILES string of the molecule is CCn1cc(S(=O)(=O)Nc2cc(N)c(F)cc2F)nc1C. The van der Waals surface area contributed by atoms with E-state index in [1.54, 1.807) is 11.5 Å². The molecule has 0 saturated heterocycles. The Morgan fingerprint density at radius 2 is 2.00 bits per heavy atom. The molecule has 0 unspecified atom stereocenters. The first-order valence-corrected chi connectivity index (χ1v) is 7.54. The van der Waals surface area contributed by atoms with E-state index in [4.69, 9.17) is 5.73 Å². The lowest BCUT2D eigenvalue weighted by molar-refractivity contribution is 0.584. The first-order chi connectivity index (χ1) is 9.74. The van der Waals surface area contributed by atoms with Crippen LogP contribution in [0.2, 0.25) is 0 Å². The van der Waals surface area contributed by atoms with E-state index >= 15 is 0 Å². The van der Waals surface area contributed by atoms with Crippen molar-refractivity contribution in [3.8, 4) is 0 Å². The number of anilines is 2. The zero-order chi connectivity index (χ0) is 15.8. The van der Waals surface area contributed by atoms with Gasteiger partial charge in [0.1, 0.15) is 17.5 Å². The number of aromatic nitrogens is 2. The van der Waals surface area contributed by atoms with Crippen LogP contribution < -0.4 is 10.5 Å². The van der Waals surface area contributed by atoms with Gasteiger partial charge in [-0.05, 0) is 19.9 Å². The van der Waals surface area contributed by atoms with Crippen LogP contribution in [-0.4, -0.2) is 18.0 Å². The number of aryl methyl sites for hydroxylation is 2. The molecule has 0 fully saturated rings. The van der Waals surface area contributed by atoms with Gasteiger partial charge in [-0.1, -0.05) is 0 Å². The maximum Gasteiger partial charge on any atom is 0.281 e. The molecular weight excluding hydrogens is 302 g/mol. The maximum absolute atomic E-state index is 13.6. The molecule has 0 saturated carbocycles. The number of imidazole rings is 1. The summed E-state index contributed by atoms with van der Waals surface area (Å²) in [6, 6.07) is 1.40. The molecule has 0 radical (unpaired) electrons. The number of nitrogens with two attached hydrogens (primary N) is 1. The van der Waals surface area contributed by atoms with Crippen LogP contribution in [0.25, 0.3) is 0 Å². The van der Waals surface area contributed by atoms with Crippen molar-refractivity contribution in [2.75, 3.05) is 10.5 Å². The van der Waals surface area contributed by atoms with Crippen LogP contribution >= 0.6 is 0 Å². The highest BCUT2D eigenvalue weighted by Crippen LogP contribution is 2.23. The quantitative estimate of drug-likeness (QED) is 0.843. The van der Waals surface area contributed by atoms with Crippen LogP contribution in [0.15, 0.2) is 23.4 Å². The topological polar surface area (TPSA) is 90.0 Å². The Morgan fingerprint density at radius 3 is 2.57 bits per heavy atom. The minimum Gasteiger partial charge on any atom is -0.396 e. The second-order valence-corrected chi connectivity index (χ2v) is 6.00. The monoisotopic (exact) mass is 316 g/mol. The van der Waals surface area contributed by atoms with Crippen molar-refractivity contribution in [3.63, 3.8) is 0 Å². The summed E-state index contributed by atoms with van der Waals surface area (Å²) in [5, 5.41) is -0.246. The van der Waals surface area contributed by atoms with Crippen LogP contribution in [0.1, 0.15) is 12.7 Å². The molecule has 0 bridgehead atoms. The maximum atomic E-state index is 13.6. The van der Waals surface area contributed by atoms with Crippen molar-refractivity contribution >= 4 is 21.4 Å². The normalized spacial score (nSPS) is 11.6. The average Bonchev–Trinajstić information content (AvgIpc) is 2.78. The number of benzene rings is 1.